The molecule has 0 atom stereocenters. The molecular weight excluding hydrogens is 344 g/mol. The van der Waals surface area contributed by atoms with Crippen molar-refractivity contribution in [3.8, 4) is 11.1 Å². The number of nitrogens with one attached hydrogen (secondary N) is 1. The van der Waals surface area contributed by atoms with Crippen LogP contribution in [0.1, 0.15) is 5.56 Å². The van der Waals surface area contributed by atoms with Crippen molar-refractivity contribution in [2.24, 2.45) is 0 Å². The molecule has 128 valence electrons. The summed E-state index contributed by atoms with van der Waals surface area (Å²) in [6.45, 7) is 1.87. The van der Waals surface area contributed by atoms with Gasteiger partial charge in [0.1, 0.15) is 0 Å². The number of anilines is 1. The molecule has 0 amide bonds. The fourth-order valence-electron chi connectivity index (χ4n) is 2.42. The maximum Gasteiger partial charge on any atom is 0.261 e. The molecule has 0 aliphatic rings. The van der Waals surface area contributed by atoms with Gasteiger partial charge in [0.05, 0.1) is 4.90 Å². The van der Waals surface area contributed by atoms with Gasteiger partial charge in [-0.3, -0.25) is 4.72 Å². The fraction of sp³-hybridized carbons (Fsp3) is 0.0526. The third-order valence-corrected chi connectivity index (χ3v) is 5.09. The van der Waals surface area contributed by atoms with E-state index in [-0.39, 0.29) is 4.90 Å². The Morgan fingerprint density at radius 2 is 1.48 bits per heavy atom. The van der Waals surface area contributed by atoms with Gasteiger partial charge in [-0.05, 0) is 60.0 Å². The zero-order valence-electron chi connectivity index (χ0n) is 13.3. The van der Waals surface area contributed by atoms with Crippen molar-refractivity contribution < 1.29 is 17.2 Å². The average Bonchev–Trinajstić information content (AvgIpc) is 2.57. The summed E-state index contributed by atoms with van der Waals surface area (Å²) in [4.78, 5) is 0.0836. The minimum atomic E-state index is -3.73. The second-order valence-corrected chi connectivity index (χ2v) is 7.31. The highest BCUT2D eigenvalue weighted by atomic mass is 32.2. The normalized spacial score (nSPS) is 11.3. The van der Waals surface area contributed by atoms with E-state index in [1.165, 1.54) is 18.2 Å². The van der Waals surface area contributed by atoms with Crippen molar-refractivity contribution >= 4 is 15.7 Å². The first-order chi connectivity index (χ1) is 11.8. The Bertz CT molecular complexity index is 1020. The fourth-order valence-corrected chi connectivity index (χ4v) is 3.47. The molecule has 0 unspecified atom stereocenters. The number of benzene rings is 3. The second-order valence-electron chi connectivity index (χ2n) is 5.63. The number of hydrogen-bond acceptors (Lipinski definition) is 2. The molecule has 0 aromatic heterocycles. The van der Waals surface area contributed by atoms with Crippen LogP contribution in [-0.4, -0.2) is 8.42 Å². The summed E-state index contributed by atoms with van der Waals surface area (Å²) >= 11 is 0. The molecule has 3 nitrogen and oxygen atoms in total. The smallest absolute Gasteiger partial charge is 0.261 e. The van der Waals surface area contributed by atoms with Crippen molar-refractivity contribution in [1.82, 2.24) is 0 Å². The van der Waals surface area contributed by atoms with E-state index in [9.17, 15) is 17.2 Å². The van der Waals surface area contributed by atoms with Gasteiger partial charge in [-0.1, -0.05) is 30.3 Å². The monoisotopic (exact) mass is 359 g/mol. The lowest BCUT2D eigenvalue weighted by Crippen LogP contribution is -2.12. The van der Waals surface area contributed by atoms with Gasteiger partial charge in [0.15, 0.2) is 11.6 Å². The average molecular weight is 359 g/mol. The van der Waals surface area contributed by atoms with Crippen LogP contribution >= 0.6 is 0 Å². The molecule has 0 saturated heterocycles. The highest BCUT2D eigenvalue weighted by Gasteiger charge is 2.14. The standard InChI is InChI=1S/C19H15F2NO2S/c1-13-3-2-4-16(11-13)22-25(23,24)17-8-5-14(6-9-17)15-7-10-18(20)19(21)12-15/h2-12,22H,1H3. The predicted molar refractivity (Wildman–Crippen MR) is 93.8 cm³/mol. The van der Waals surface area contributed by atoms with E-state index in [1.807, 2.05) is 13.0 Å². The molecule has 1 N–H and O–H groups in total. The zero-order valence-corrected chi connectivity index (χ0v) is 14.1. The van der Waals surface area contributed by atoms with Crippen LogP contribution in [-0.2, 0) is 10.0 Å². The first kappa shape index (κ1) is 17.1. The lowest BCUT2D eigenvalue weighted by Gasteiger charge is -2.09. The minimum Gasteiger partial charge on any atom is -0.280 e. The molecule has 0 bridgehead atoms. The summed E-state index contributed by atoms with van der Waals surface area (Å²) in [5.41, 5.74) is 2.47. The van der Waals surface area contributed by atoms with E-state index in [4.69, 9.17) is 0 Å². The molecule has 3 rings (SSSR count). The van der Waals surface area contributed by atoms with E-state index in [1.54, 1.807) is 30.3 Å². The number of sulfonamides is 1. The molecule has 6 heteroatoms. The molecule has 0 aliphatic heterocycles. The summed E-state index contributed by atoms with van der Waals surface area (Å²) in [5, 5.41) is 0. The van der Waals surface area contributed by atoms with Gasteiger partial charge in [0, 0.05) is 5.69 Å². The van der Waals surface area contributed by atoms with Crippen molar-refractivity contribution in [2.45, 2.75) is 11.8 Å². The van der Waals surface area contributed by atoms with E-state index in [2.05, 4.69) is 4.72 Å². The van der Waals surface area contributed by atoms with Crippen LogP contribution in [0.3, 0.4) is 0 Å². The lowest BCUT2D eigenvalue weighted by atomic mass is 10.1. The van der Waals surface area contributed by atoms with Crippen LogP contribution in [0.4, 0.5) is 14.5 Å². The van der Waals surface area contributed by atoms with Crippen LogP contribution in [0.25, 0.3) is 11.1 Å². The Hall–Kier alpha value is -2.73. The summed E-state index contributed by atoms with van der Waals surface area (Å²) in [6.07, 6.45) is 0. The van der Waals surface area contributed by atoms with Gasteiger partial charge >= 0.3 is 0 Å². The highest BCUT2D eigenvalue weighted by molar-refractivity contribution is 7.92. The molecule has 0 radical (unpaired) electrons. The van der Waals surface area contributed by atoms with Crippen LogP contribution < -0.4 is 4.72 Å². The molecule has 0 fully saturated rings. The highest BCUT2D eigenvalue weighted by Crippen LogP contribution is 2.24. The van der Waals surface area contributed by atoms with E-state index in [0.29, 0.717) is 16.8 Å². The molecule has 0 spiro atoms. The van der Waals surface area contributed by atoms with Crippen molar-refractivity contribution in [3.63, 3.8) is 0 Å². The minimum absolute atomic E-state index is 0.0836. The van der Waals surface area contributed by atoms with Crippen LogP contribution in [0, 0.1) is 18.6 Å². The third-order valence-electron chi connectivity index (χ3n) is 3.69. The van der Waals surface area contributed by atoms with Crippen LogP contribution in [0.5, 0.6) is 0 Å². The molecule has 0 heterocycles. The van der Waals surface area contributed by atoms with Crippen molar-refractivity contribution in [1.29, 1.82) is 0 Å². The predicted octanol–water partition coefficient (Wildman–Crippen LogP) is 4.74. The van der Waals surface area contributed by atoms with Crippen molar-refractivity contribution in [2.75, 3.05) is 4.72 Å². The summed E-state index contributed by atoms with van der Waals surface area (Å²) in [7, 11) is -3.73. The largest absolute Gasteiger partial charge is 0.280 e. The number of rotatable bonds is 4. The Balaban J connectivity index is 1.87. The summed E-state index contributed by atoms with van der Waals surface area (Å²) in [5.74, 6) is -1.87. The summed E-state index contributed by atoms with van der Waals surface area (Å²) in [6, 6.07) is 16.5. The Morgan fingerprint density at radius 3 is 2.12 bits per heavy atom. The molecule has 3 aromatic rings. The molecular formula is C19H15F2NO2S. The number of hydrogen-bond donors (Lipinski definition) is 1. The Labute approximate surface area is 145 Å². The Kier molecular flexibility index (Phi) is 4.55. The maximum absolute atomic E-state index is 13.3. The van der Waals surface area contributed by atoms with Gasteiger partial charge in [0.25, 0.3) is 10.0 Å². The van der Waals surface area contributed by atoms with Gasteiger partial charge in [0.2, 0.25) is 0 Å². The number of halogens is 2. The topological polar surface area (TPSA) is 46.2 Å². The third kappa shape index (κ3) is 3.85. The van der Waals surface area contributed by atoms with Crippen LogP contribution in [0.2, 0.25) is 0 Å². The van der Waals surface area contributed by atoms with Gasteiger partial charge in [-0.2, -0.15) is 0 Å². The van der Waals surface area contributed by atoms with Crippen molar-refractivity contribution in [3.05, 3.63) is 83.9 Å². The molecule has 0 saturated carbocycles. The van der Waals surface area contributed by atoms with E-state index >= 15 is 0 Å². The zero-order chi connectivity index (χ0) is 18.0. The van der Waals surface area contributed by atoms with Gasteiger partial charge < -0.3 is 0 Å². The van der Waals surface area contributed by atoms with E-state index < -0.39 is 21.7 Å². The first-order valence-electron chi connectivity index (χ1n) is 7.50. The Morgan fingerprint density at radius 1 is 0.800 bits per heavy atom. The van der Waals surface area contributed by atoms with Crippen LogP contribution in [0.15, 0.2) is 71.6 Å². The maximum atomic E-state index is 13.3. The molecule has 25 heavy (non-hydrogen) atoms. The second kappa shape index (κ2) is 6.64. The lowest BCUT2D eigenvalue weighted by molar-refractivity contribution is 0.509. The molecule has 3 aromatic carbocycles. The van der Waals surface area contributed by atoms with Gasteiger partial charge in [-0.15, -0.1) is 0 Å². The number of aryl methyl sites for hydroxylation is 1. The SMILES string of the molecule is Cc1cccc(NS(=O)(=O)c2ccc(-c3ccc(F)c(F)c3)cc2)c1. The van der Waals surface area contributed by atoms with Gasteiger partial charge in [-0.25, -0.2) is 17.2 Å². The molecule has 0 aliphatic carbocycles. The first-order valence-corrected chi connectivity index (χ1v) is 8.98. The summed E-state index contributed by atoms with van der Waals surface area (Å²) < 4.78 is 53.7. The quantitative estimate of drug-likeness (QED) is 0.731. The van der Waals surface area contributed by atoms with E-state index in [0.717, 1.165) is 17.7 Å².